The van der Waals surface area contributed by atoms with Gasteiger partial charge in [0.25, 0.3) is 5.91 Å². The number of para-hydroxylation sites is 1. The second-order valence-electron chi connectivity index (χ2n) is 5.74. The Labute approximate surface area is 152 Å². The fraction of sp³-hybridized carbons (Fsp3) is 0.0952. The van der Waals surface area contributed by atoms with Crippen LogP contribution in [0.2, 0.25) is 0 Å². The first-order valence-electron chi connectivity index (χ1n) is 8.29. The zero-order valence-corrected chi connectivity index (χ0v) is 14.1. The van der Waals surface area contributed by atoms with Crippen molar-refractivity contribution in [2.24, 2.45) is 0 Å². The number of nitrogens with zero attached hydrogens (tertiary/aromatic N) is 2. The van der Waals surface area contributed by atoms with Crippen molar-refractivity contribution >= 4 is 17.3 Å². The van der Waals surface area contributed by atoms with E-state index in [1.165, 1.54) is 11.8 Å². The summed E-state index contributed by atoms with van der Waals surface area (Å²) in [4.78, 5) is 16.6. The molecule has 0 atom stereocenters. The molecule has 0 saturated carbocycles. The monoisotopic (exact) mass is 342 g/mol. The maximum absolute atomic E-state index is 12.4. The van der Waals surface area contributed by atoms with Crippen LogP contribution in [0.1, 0.15) is 21.5 Å². The lowest BCUT2D eigenvalue weighted by Gasteiger charge is -2.09. The van der Waals surface area contributed by atoms with Crippen LogP contribution >= 0.6 is 0 Å². The number of amides is 1. The highest BCUT2D eigenvalue weighted by Crippen LogP contribution is 2.16. The van der Waals surface area contributed by atoms with Crippen molar-refractivity contribution in [3.63, 3.8) is 0 Å². The van der Waals surface area contributed by atoms with E-state index in [2.05, 4.69) is 33.8 Å². The molecule has 0 unspecified atom stereocenters. The second kappa shape index (κ2) is 8.45. The number of anilines is 2. The summed E-state index contributed by atoms with van der Waals surface area (Å²) in [5.74, 6) is -0.299. The van der Waals surface area contributed by atoms with Gasteiger partial charge in [0.1, 0.15) is 6.07 Å². The Morgan fingerprint density at radius 2 is 1.81 bits per heavy atom. The Bertz CT molecular complexity index is 932. The predicted octanol–water partition coefficient (Wildman–Crippen LogP) is 3.86. The Morgan fingerprint density at radius 1 is 1.04 bits per heavy atom. The largest absolute Gasteiger partial charge is 0.383 e. The summed E-state index contributed by atoms with van der Waals surface area (Å²) < 4.78 is 0. The molecule has 2 N–H and O–H groups in total. The number of nitriles is 1. The molecule has 0 aliphatic heterocycles. The van der Waals surface area contributed by atoms with E-state index in [1.807, 2.05) is 18.2 Å². The molecular formula is C21H18N4O. The third kappa shape index (κ3) is 4.46. The number of carbonyl (C=O) groups is 1. The highest BCUT2D eigenvalue weighted by Gasteiger charge is 2.10. The Hall–Kier alpha value is -3.65. The topological polar surface area (TPSA) is 77.8 Å². The van der Waals surface area contributed by atoms with E-state index < -0.39 is 0 Å². The minimum Gasteiger partial charge on any atom is -0.383 e. The van der Waals surface area contributed by atoms with Crippen molar-refractivity contribution in [3.8, 4) is 6.07 Å². The van der Waals surface area contributed by atoms with Gasteiger partial charge in [-0.2, -0.15) is 5.26 Å². The molecule has 0 aliphatic rings. The van der Waals surface area contributed by atoms with Crippen molar-refractivity contribution in [1.29, 1.82) is 5.26 Å². The van der Waals surface area contributed by atoms with Crippen molar-refractivity contribution in [2.45, 2.75) is 6.42 Å². The molecule has 0 radical (unpaired) electrons. The third-order valence-corrected chi connectivity index (χ3v) is 3.88. The fourth-order valence-electron chi connectivity index (χ4n) is 2.54. The molecule has 1 amide bonds. The van der Waals surface area contributed by atoms with Gasteiger partial charge in [-0.25, -0.2) is 0 Å². The summed E-state index contributed by atoms with van der Waals surface area (Å²) in [6, 6.07) is 20.9. The van der Waals surface area contributed by atoms with Gasteiger partial charge in [0.05, 0.1) is 22.5 Å². The highest BCUT2D eigenvalue weighted by atomic mass is 16.1. The normalized spacial score (nSPS) is 9.96. The Morgan fingerprint density at radius 3 is 2.62 bits per heavy atom. The van der Waals surface area contributed by atoms with Gasteiger partial charge in [-0.1, -0.05) is 42.5 Å². The van der Waals surface area contributed by atoms with Gasteiger partial charge in [0.15, 0.2) is 0 Å². The Balaban J connectivity index is 1.63. The maximum atomic E-state index is 12.4. The van der Waals surface area contributed by atoms with Gasteiger partial charge in [-0.3, -0.25) is 9.78 Å². The van der Waals surface area contributed by atoms with Crippen LogP contribution in [0.3, 0.4) is 0 Å². The minimum absolute atomic E-state index is 0.299. The number of rotatable bonds is 6. The summed E-state index contributed by atoms with van der Waals surface area (Å²) >= 11 is 0. The number of carbonyl (C=O) groups excluding carboxylic acids is 1. The molecule has 1 heterocycles. The van der Waals surface area contributed by atoms with Gasteiger partial charge >= 0.3 is 0 Å². The number of benzene rings is 2. The van der Waals surface area contributed by atoms with E-state index in [1.54, 1.807) is 36.5 Å². The SMILES string of the molecule is N#Cc1ccccc1NC(=O)c1cncc(NCCc2ccccc2)c1. The second-order valence-corrected chi connectivity index (χ2v) is 5.74. The van der Waals surface area contributed by atoms with E-state index in [-0.39, 0.29) is 5.91 Å². The van der Waals surface area contributed by atoms with Crippen LogP contribution in [0.25, 0.3) is 0 Å². The van der Waals surface area contributed by atoms with Crippen molar-refractivity contribution in [1.82, 2.24) is 4.98 Å². The summed E-state index contributed by atoms with van der Waals surface area (Å²) in [6.45, 7) is 0.744. The van der Waals surface area contributed by atoms with Gasteiger partial charge < -0.3 is 10.6 Å². The zero-order chi connectivity index (χ0) is 18.2. The van der Waals surface area contributed by atoms with Gasteiger partial charge in [0, 0.05) is 18.9 Å². The molecule has 0 aliphatic carbocycles. The van der Waals surface area contributed by atoms with Crippen LogP contribution < -0.4 is 10.6 Å². The highest BCUT2D eigenvalue weighted by molar-refractivity contribution is 6.05. The number of pyridine rings is 1. The number of hydrogen-bond donors (Lipinski definition) is 2. The van der Waals surface area contributed by atoms with Crippen LogP contribution in [0.15, 0.2) is 73.1 Å². The van der Waals surface area contributed by atoms with E-state index in [0.717, 1.165) is 18.7 Å². The average molecular weight is 342 g/mol. The molecule has 26 heavy (non-hydrogen) atoms. The van der Waals surface area contributed by atoms with Crippen molar-refractivity contribution in [3.05, 3.63) is 89.7 Å². The summed E-state index contributed by atoms with van der Waals surface area (Å²) in [5, 5.41) is 15.2. The maximum Gasteiger partial charge on any atom is 0.257 e. The number of nitrogens with one attached hydrogen (secondary N) is 2. The standard InChI is InChI=1S/C21H18N4O/c22-13-17-8-4-5-9-20(17)25-21(26)18-12-19(15-23-14-18)24-11-10-16-6-2-1-3-7-16/h1-9,12,14-15,24H,10-11H2,(H,25,26). The lowest BCUT2D eigenvalue weighted by atomic mass is 10.1. The lowest BCUT2D eigenvalue weighted by molar-refractivity contribution is 0.102. The molecule has 128 valence electrons. The lowest BCUT2D eigenvalue weighted by Crippen LogP contribution is -2.14. The molecule has 0 bridgehead atoms. The first kappa shape index (κ1) is 17.2. The third-order valence-electron chi connectivity index (χ3n) is 3.88. The van der Waals surface area contributed by atoms with Gasteiger partial charge in [-0.05, 0) is 30.2 Å². The number of hydrogen-bond acceptors (Lipinski definition) is 4. The molecule has 3 aromatic rings. The number of aromatic nitrogens is 1. The molecule has 1 aromatic heterocycles. The molecule has 0 spiro atoms. The summed E-state index contributed by atoms with van der Waals surface area (Å²) in [6.07, 6.45) is 4.07. The smallest absolute Gasteiger partial charge is 0.257 e. The molecule has 0 fully saturated rings. The van der Waals surface area contributed by atoms with Gasteiger partial charge in [0.2, 0.25) is 0 Å². The van der Waals surface area contributed by atoms with E-state index in [4.69, 9.17) is 5.26 Å². The molecule has 5 nitrogen and oxygen atoms in total. The quantitative estimate of drug-likeness (QED) is 0.713. The molecule has 0 saturated heterocycles. The minimum atomic E-state index is -0.299. The molecular weight excluding hydrogens is 324 g/mol. The van der Waals surface area contributed by atoms with Crippen LogP contribution in [-0.2, 0) is 6.42 Å². The zero-order valence-electron chi connectivity index (χ0n) is 14.1. The van der Waals surface area contributed by atoms with E-state index in [9.17, 15) is 4.79 Å². The molecule has 3 rings (SSSR count). The molecule has 5 heteroatoms. The van der Waals surface area contributed by atoms with Crippen LogP contribution in [0.5, 0.6) is 0 Å². The van der Waals surface area contributed by atoms with Crippen LogP contribution in [0.4, 0.5) is 11.4 Å². The predicted molar refractivity (Wildman–Crippen MR) is 102 cm³/mol. The molecule has 2 aromatic carbocycles. The van der Waals surface area contributed by atoms with Crippen LogP contribution in [0, 0.1) is 11.3 Å². The first-order valence-corrected chi connectivity index (χ1v) is 8.29. The van der Waals surface area contributed by atoms with Crippen LogP contribution in [-0.4, -0.2) is 17.4 Å². The Kier molecular flexibility index (Phi) is 5.58. The van der Waals surface area contributed by atoms with Crippen molar-refractivity contribution < 1.29 is 4.79 Å². The fourth-order valence-corrected chi connectivity index (χ4v) is 2.54. The summed E-state index contributed by atoms with van der Waals surface area (Å²) in [7, 11) is 0. The summed E-state index contributed by atoms with van der Waals surface area (Å²) in [5.41, 5.74) is 3.37. The van der Waals surface area contributed by atoms with E-state index in [0.29, 0.717) is 16.8 Å². The first-order chi connectivity index (χ1) is 12.8. The van der Waals surface area contributed by atoms with E-state index >= 15 is 0 Å². The average Bonchev–Trinajstić information content (AvgIpc) is 2.69. The van der Waals surface area contributed by atoms with Gasteiger partial charge in [-0.15, -0.1) is 0 Å². The van der Waals surface area contributed by atoms with Crippen molar-refractivity contribution in [2.75, 3.05) is 17.2 Å².